The van der Waals surface area contributed by atoms with Gasteiger partial charge in [-0.15, -0.1) is 0 Å². The molecule has 0 bridgehead atoms. The van der Waals surface area contributed by atoms with Crippen LogP contribution in [0.3, 0.4) is 0 Å². The lowest BCUT2D eigenvalue weighted by atomic mass is 9.94. The number of hydrogen-bond donors (Lipinski definition) is 0. The molecule has 0 N–H and O–H groups in total. The second-order valence-electron chi connectivity index (χ2n) is 8.97. The Morgan fingerprint density at radius 3 is 2.64 bits per heavy atom. The van der Waals surface area contributed by atoms with Crippen LogP contribution in [0.15, 0.2) is 36.5 Å². The maximum atomic E-state index is 13.6. The molecule has 1 aliphatic carbocycles. The van der Waals surface area contributed by atoms with Crippen molar-refractivity contribution < 1.29 is 14.3 Å². The van der Waals surface area contributed by atoms with E-state index >= 15 is 0 Å². The molecule has 0 unspecified atom stereocenters. The van der Waals surface area contributed by atoms with Crippen LogP contribution in [0.25, 0.3) is 5.69 Å². The third-order valence-electron chi connectivity index (χ3n) is 5.90. The van der Waals surface area contributed by atoms with Crippen molar-refractivity contribution in [2.75, 3.05) is 26.3 Å². The number of amides is 1. The number of carbonyl (C=O) groups is 1. The summed E-state index contributed by atoms with van der Waals surface area (Å²) in [6.45, 7) is 6.52. The van der Waals surface area contributed by atoms with Gasteiger partial charge < -0.3 is 14.4 Å². The van der Waals surface area contributed by atoms with Gasteiger partial charge in [0.2, 0.25) is 0 Å². The van der Waals surface area contributed by atoms with Gasteiger partial charge in [0.15, 0.2) is 0 Å². The van der Waals surface area contributed by atoms with Gasteiger partial charge in [-0.2, -0.15) is 5.10 Å². The van der Waals surface area contributed by atoms with E-state index in [0.717, 1.165) is 36.2 Å². The minimum atomic E-state index is -0.392. The first-order valence-corrected chi connectivity index (χ1v) is 10.2. The van der Waals surface area contributed by atoms with E-state index in [0.29, 0.717) is 32.2 Å². The fourth-order valence-corrected chi connectivity index (χ4v) is 4.67. The average molecular weight is 381 g/mol. The van der Waals surface area contributed by atoms with E-state index in [1.807, 2.05) is 39.9 Å². The normalized spacial score (nSPS) is 26.7. The highest BCUT2D eigenvalue weighted by Crippen LogP contribution is 2.43. The number of rotatable bonds is 3. The summed E-state index contributed by atoms with van der Waals surface area (Å²) in [6.07, 6.45) is 4.82. The van der Waals surface area contributed by atoms with Crippen LogP contribution in [0, 0.1) is 0 Å². The first-order valence-electron chi connectivity index (χ1n) is 10.2. The van der Waals surface area contributed by atoms with Gasteiger partial charge in [-0.05, 0) is 38.8 Å². The summed E-state index contributed by atoms with van der Waals surface area (Å²) in [5, 5.41) is 4.60. The number of nitrogens with zero attached hydrogens (tertiary/aromatic N) is 3. The van der Waals surface area contributed by atoms with Gasteiger partial charge in [-0.25, -0.2) is 4.68 Å². The fourth-order valence-electron chi connectivity index (χ4n) is 4.67. The second kappa shape index (κ2) is 6.42. The average Bonchev–Trinajstić information content (AvgIpc) is 3.26. The Hall–Kier alpha value is -2.18. The molecule has 2 saturated heterocycles. The molecule has 1 saturated carbocycles. The Bertz CT molecular complexity index is 880. The minimum Gasteiger partial charge on any atom is -0.378 e. The SMILES string of the molecule is CC1(C)CN(C(=O)c2cnn(-c3ccccc3)c2C2CC2)C[C@]2(CCOC2)O1. The molecule has 28 heavy (non-hydrogen) atoms. The van der Waals surface area contributed by atoms with Gasteiger partial charge in [0.05, 0.1) is 41.9 Å². The van der Waals surface area contributed by atoms with Gasteiger partial charge in [0, 0.05) is 25.5 Å². The Kier molecular flexibility index (Phi) is 4.10. The molecule has 1 spiro atoms. The summed E-state index contributed by atoms with van der Waals surface area (Å²) in [7, 11) is 0. The molecule has 0 radical (unpaired) electrons. The molecule has 1 atom stereocenters. The highest BCUT2D eigenvalue weighted by atomic mass is 16.6. The maximum Gasteiger partial charge on any atom is 0.257 e. The van der Waals surface area contributed by atoms with E-state index in [1.54, 1.807) is 6.20 Å². The monoisotopic (exact) mass is 381 g/mol. The van der Waals surface area contributed by atoms with Crippen molar-refractivity contribution in [1.82, 2.24) is 14.7 Å². The van der Waals surface area contributed by atoms with Crippen molar-refractivity contribution in [3.63, 3.8) is 0 Å². The van der Waals surface area contributed by atoms with Gasteiger partial charge in [-0.1, -0.05) is 18.2 Å². The molecule has 148 valence electrons. The molecular weight excluding hydrogens is 354 g/mol. The van der Waals surface area contributed by atoms with Crippen LogP contribution in [-0.4, -0.2) is 58.1 Å². The third kappa shape index (κ3) is 3.14. The molecule has 6 nitrogen and oxygen atoms in total. The van der Waals surface area contributed by atoms with Crippen LogP contribution >= 0.6 is 0 Å². The minimum absolute atomic E-state index is 0.0618. The standard InChI is InChI=1S/C22H27N3O3/c1-21(2)13-24(14-22(28-21)10-11-27-15-22)20(26)18-12-23-25(19(18)16-8-9-16)17-6-4-3-5-7-17/h3-7,12,16H,8-11,13-15H2,1-2H3/t22-/m0/s1. The molecule has 1 amide bonds. The van der Waals surface area contributed by atoms with Crippen LogP contribution in [-0.2, 0) is 9.47 Å². The molecule has 2 aromatic rings. The van der Waals surface area contributed by atoms with E-state index in [2.05, 4.69) is 18.9 Å². The first kappa shape index (κ1) is 17.9. The van der Waals surface area contributed by atoms with Crippen molar-refractivity contribution in [2.45, 2.75) is 50.2 Å². The largest absolute Gasteiger partial charge is 0.378 e. The molecule has 6 heteroatoms. The molecule has 1 aromatic carbocycles. The first-order chi connectivity index (χ1) is 13.5. The number of hydrogen-bond acceptors (Lipinski definition) is 4. The van der Waals surface area contributed by atoms with Gasteiger partial charge in [0.1, 0.15) is 5.60 Å². The van der Waals surface area contributed by atoms with E-state index in [9.17, 15) is 4.79 Å². The van der Waals surface area contributed by atoms with Gasteiger partial charge >= 0.3 is 0 Å². The Morgan fingerprint density at radius 1 is 1.18 bits per heavy atom. The number of morpholine rings is 1. The summed E-state index contributed by atoms with van der Waals surface area (Å²) in [6, 6.07) is 10.1. The number of aromatic nitrogens is 2. The van der Waals surface area contributed by atoms with Crippen molar-refractivity contribution in [3.8, 4) is 5.69 Å². The zero-order chi connectivity index (χ0) is 19.4. The Balaban J connectivity index is 1.49. The zero-order valence-corrected chi connectivity index (χ0v) is 16.6. The molecule has 2 aliphatic heterocycles. The lowest BCUT2D eigenvalue weighted by Gasteiger charge is -2.48. The van der Waals surface area contributed by atoms with Crippen LogP contribution in [0.5, 0.6) is 0 Å². The van der Waals surface area contributed by atoms with Gasteiger partial charge in [-0.3, -0.25) is 4.79 Å². The maximum absolute atomic E-state index is 13.6. The van der Waals surface area contributed by atoms with Crippen molar-refractivity contribution in [2.24, 2.45) is 0 Å². The van der Waals surface area contributed by atoms with E-state index in [1.165, 1.54) is 0 Å². The van der Waals surface area contributed by atoms with Crippen LogP contribution in [0.2, 0.25) is 0 Å². The van der Waals surface area contributed by atoms with E-state index < -0.39 is 5.60 Å². The smallest absolute Gasteiger partial charge is 0.257 e. The highest BCUT2D eigenvalue weighted by molar-refractivity contribution is 5.95. The molecule has 1 aromatic heterocycles. The summed E-state index contributed by atoms with van der Waals surface area (Å²) in [5.41, 5.74) is 2.02. The quantitative estimate of drug-likeness (QED) is 0.820. The van der Waals surface area contributed by atoms with Crippen LogP contribution in [0.1, 0.15) is 55.1 Å². The van der Waals surface area contributed by atoms with Gasteiger partial charge in [0.25, 0.3) is 5.91 Å². The lowest BCUT2D eigenvalue weighted by Crippen LogP contribution is -2.61. The van der Waals surface area contributed by atoms with E-state index in [-0.39, 0.29) is 11.5 Å². The van der Waals surface area contributed by atoms with Crippen molar-refractivity contribution >= 4 is 5.91 Å². The fraction of sp³-hybridized carbons (Fsp3) is 0.545. The van der Waals surface area contributed by atoms with Crippen LogP contribution < -0.4 is 0 Å². The summed E-state index contributed by atoms with van der Waals surface area (Å²) in [4.78, 5) is 15.6. The third-order valence-corrected chi connectivity index (χ3v) is 5.90. The molecule has 3 heterocycles. The lowest BCUT2D eigenvalue weighted by molar-refractivity contribution is -0.186. The molecule has 3 fully saturated rings. The topological polar surface area (TPSA) is 56.6 Å². The molecular formula is C22H27N3O3. The second-order valence-corrected chi connectivity index (χ2v) is 8.97. The number of ether oxygens (including phenoxy) is 2. The van der Waals surface area contributed by atoms with E-state index in [4.69, 9.17) is 9.47 Å². The number of benzene rings is 1. The number of carbonyl (C=O) groups excluding carboxylic acids is 1. The van der Waals surface area contributed by atoms with Crippen molar-refractivity contribution in [1.29, 1.82) is 0 Å². The summed E-state index contributed by atoms with van der Waals surface area (Å²) >= 11 is 0. The Morgan fingerprint density at radius 2 is 1.96 bits per heavy atom. The Labute approximate surface area is 165 Å². The van der Waals surface area contributed by atoms with Crippen LogP contribution in [0.4, 0.5) is 0 Å². The predicted molar refractivity (Wildman–Crippen MR) is 105 cm³/mol. The molecule has 3 aliphatic rings. The summed E-state index contributed by atoms with van der Waals surface area (Å²) < 4.78 is 13.9. The zero-order valence-electron chi connectivity index (χ0n) is 16.6. The summed E-state index contributed by atoms with van der Waals surface area (Å²) in [5.74, 6) is 0.478. The number of para-hydroxylation sites is 1. The predicted octanol–water partition coefficient (Wildman–Crippen LogP) is 3.16. The van der Waals surface area contributed by atoms with Crippen molar-refractivity contribution in [3.05, 3.63) is 47.8 Å². The molecule has 5 rings (SSSR count). The highest BCUT2D eigenvalue weighted by Gasteiger charge is 2.48.